The number of ether oxygens (including phenoxy) is 1. The van der Waals surface area contributed by atoms with E-state index < -0.39 is 12.1 Å². The topological polar surface area (TPSA) is 55.4 Å². The second kappa shape index (κ2) is 8.21. The van der Waals surface area contributed by atoms with E-state index in [1.165, 1.54) is 6.42 Å². The van der Waals surface area contributed by atoms with Crippen molar-refractivity contribution in [2.75, 3.05) is 0 Å². The fourth-order valence-electron chi connectivity index (χ4n) is 3.05. The van der Waals surface area contributed by atoms with Gasteiger partial charge in [-0.2, -0.15) is 0 Å². The summed E-state index contributed by atoms with van der Waals surface area (Å²) in [6.07, 6.45) is 2.33. The van der Waals surface area contributed by atoms with Gasteiger partial charge in [-0.1, -0.05) is 56.0 Å². The van der Waals surface area contributed by atoms with Crippen LogP contribution in [0.3, 0.4) is 0 Å². The maximum Gasteiger partial charge on any atom is 0.341 e. The van der Waals surface area contributed by atoms with Crippen LogP contribution < -0.4 is 5.32 Å². The third kappa shape index (κ3) is 4.42. The van der Waals surface area contributed by atoms with Crippen LogP contribution in [0.5, 0.6) is 0 Å². The molecule has 1 amide bonds. The molecule has 4 atom stereocenters. The van der Waals surface area contributed by atoms with Crippen molar-refractivity contribution < 1.29 is 14.3 Å². The summed E-state index contributed by atoms with van der Waals surface area (Å²) in [7, 11) is 0. The van der Waals surface area contributed by atoms with Crippen molar-refractivity contribution in [3.05, 3.63) is 33.8 Å². The summed E-state index contributed by atoms with van der Waals surface area (Å²) >= 11 is 12.0. The van der Waals surface area contributed by atoms with Crippen LogP contribution in [0.25, 0.3) is 0 Å². The molecule has 1 aromatic carbocycles. The van der Waals surface area contributed by atoms with Crippen LogP contribution in [0.1, 0.15) is 50.4 Å². The molecule has 0 aromatic heterocycles. The maximum absolute atomic E-state index is 12.3. The van der Waals surface area contributed by atoms with Gasteiger partial charge in [0.15, 0.2) is 6.10 Å². The molecule has 6 heteroatoms. The van der Waals surface area contributed by atoms with Gasteiger partial charge in [0.05, 0.1) is 15.6 Å². The molecule has 24 heavy (non-hydrogen) atoms. The summed E-state index contributed by atoms with van der Waals surface area (Å²) in [5.41, 5.74) is 0.0835. The molecule has 0 unspecified atom stereocenters. The lowest BCUT2D eigenvalue weighted by Gasteiger charge is -2.35. The van der Waals surface area contributed by atoms with Gasteiger partial charge in [0.1, 0.15) is 0 Å². The number of carbonyl (C=O) groups is 2. The van der Waals surface area contributed by atoms with E-state index in [-0.39, 0.29) is 27.6 Å². The van der Waals surface area contributed by atoms with Crippen molar-refractivity contribution in [2.45, 2.75) is 52.2 Å². The molecule has 0 heterocycles. The van der Waals surface area contributed by atoms with Crippen LogP contribution in [0.2, 0.25) is 10.0 Å². The Kier molecular flexibility index (Phi) is 6.53. The molecule has 1 saturated carbocycles. The van der Waals surface area contributed by atoms with E-state index in [2.05, 4.69) is 19.2 Å². The highest BCUT2D eigenvalue weighted by Crippen LogP contribution is 2.29. The van der Waals surface area contributed by atoms with E-state index in [0.717, 1.165) is 12.8 Å². The van der Waals surface area contributed by atoms with E-state index in [4.69, 9.17) is 27.9 Å². The Bertz CT molecular complexity index is 600. The molecule has 0 saturated heterocycles. The van der Waals surface area contributed by atoms with Gasteiger partial charge >= 0.3 is 5.97 Å². The minimum absolute atomic E-state index is 0.0835. The highest BCUT2D eigenvalue weighted by molar-refractivity contribution is 6.39. The van der Waals surface area contributed by atoms with Gasteiger partial charge in [0, 0.05) is 6.04 Å². The molecule has 132 valence electrons. The highest BCUT2D eigenvalue weighted by atomic mass is 35.5. The number of nitrogens with one attached hydrogen (secondary N) is 1. The molecule has 1 aromatic rings. The van der Waals surface area contributed by atoms with Crippen molar-refractivity contribution in [1.29, 1.82) is 0 Å². The average molecular weight is 372 g/mol. The molecule has 0 radical (unpaired) electrons. The Morgan fingerprint density at radius 1 is 1.21 bits per heavy atom. The first kappa shape index (κ1) is 19.1. The van der Waals surface area contributed by atoms with Gasteiger partial charge < -0.3 is 10.1 Å². The monoisotopic (exact) mass is 371 g/mol. The average Bonchev–Trinajstić information content (AvgIpc) is 2.51. The summed E-state index contributed by atoms with van der Waals surface area (Å²) in [5.74, 6) is -0.0109. The molecule has 0 bridgehead atoms. The second-order valence-electron chi connectivity index (χ2n) is 6.53. The Balaban J connectivity index is 1.97. The number of carbonyl (C=O) groups excluding carboxylic acids is 2. The van der Waals surface area contributed by atoms with E-state index in [0.29, 0.717) is 11.8 Å². The largest absolute Gasteiger partial charge is 0.449 e. The smallest absolute Gasteiger partial charge is 0.341 e. The molecule has 1 fully saturated rings. The van der Waals surface area contributed by atoms with Gasteiger partial charge in [0.2, 0.25) is 0 Å². The predicted molar refractivity (Wildman–Crippen MR) is 95.4 cm³/mol. The van der Waals surface area contributed by atoms with Crippen LogP contribution in [0, 0.1) is 11.8 Å². The molecule has 1 N–H and O–H groups in total. The zero-order chi connectivity index (χ0) is 17.9. The molecule has 1 aliphatic rings. The first-order valence-corrected chi connectivity index (χ1v) is 9.02. The summed E-state index contributed by atoms with van der Waals surface area (Å²) in [6.45, 7) is 5.90. The van der Waals surface area contributed by atoms with Crippen LogP contribution >= 0.6 is 23.2 Å². The minimum Gasteiger partial charge on any atom is -0.449 e. The van der Waals surface area contributed by atoms with Gasteiger partial charge in [-0.15, -0.1) is 0 Å². The lowest BCUT2D eigenvalue weighted by atomic mass is 9.78. The number of hydrogen-bond donors (Lipinski definition) is 1. The molecular weight excluding hydrogens is 349 g/mol. The zero-order valence-electron chi connectivity index (χ0n) is 14.1. The van der Waals surface area contributed by atoms with Crippen molar-refractivity contribution in [3.8, 4) is 0 Å². The fraction of sp³-hybridized carbons (Fsp3) is 0.556. The van der Waals surface area contributed by atoms with Crippen LogP contribution in [0.15, 0.2) is 18.2 Å². The summed E-state index contributed by atoms with van der Waals surface area (Å²) < 4.78 is 5.24. The Morgan fingerprint density at radius 3 is 2.46 bits per heavy atom. The number of benzene rings is 1. The van der Waals surface area contributed by atoms with Crippen LogP contribution in [-0.2, 0) is 9.53 Å². The predicted octanol–water partition coefficient (Wildman–Crippen LogP) is 4.48. The minimum atomic E-state index is -0.908. The molecule has 0 aliphatic heterocycles. The molecule has 0 spiro atoms. The van der Waals surface area contributed by atoms with Crippen molar-refractivity contribution in [3.63, 3.8) is 0 Å². The summed E-state index contributed by atoms with van der Waals surface area (Å²) in [6, 6.07) is 4.87. The zero-order valence-corrected chi connectivity index (χ0v) is 15.7. The normalized spacial score (nSPS) is 25.0. The SMILES string of the molecule is C[C@@H]1[C@H](C)CCC[C@H]1NC(=O)[C@@H](C)OC(=O)c1c(Cl)cccc1Cl. The first-order valence-electron chi connectivity index (χ1n) is 8.26. The number of rotatable bonds is 4. The number of halogens is 2. The highest BCUT2D eigenvalue weighted by Gasteiger charge is 2.30. The van der Waals surface area contributed by atoms with E-state index >= 15 is 0 Å². The standard InChI is InChI=1S/C18H23Cl2NO3/c1-10-6-4-9-15(11(10)2)21-17(22)12(3)24-18(23)16-13(19)7-5-8-14(16)20/h5,7-8,10-12,15H,4,6,9H2,1-3H3,(H,21,22)/t10-,11-,12-,15-/m1/s1. The quantitative estimate of drug-likeness (QED) is 0.793. The van der Waals surface area contributed by atoms with E-state index in [1.807, 2.05) is 0 Å². The lowest BCUT2D eigenvalue weighted by Crippen LogP contribution is -2.47. The lowest BCUT2D eigenvalue weighted by molar-refractivity contribution is -0.130. The van der Waals surface area contributed by atoms with Crippen molar-refractivity contribution >= 4 is 35.1 Å². The van der Waals surface area contributed by atoms with Crippen molar-refractivity contribution in [2.24, 2.45) is 11.8 Å². The third-order valence-electron chi connectivity index (χ3n) is 4.85. The number of esters is 1. The Morgan fingerprint density at radius 2 is 1.83 bits per heavy atom. The van der Waals surface area contributed by atoms with Crippen LogP contribution in [-0.4, -0.2) is 24.0 Å². The fourth-order valence-corrected chi connectivity index (χ4v) is 3.60. The third-order valence-corrected chi connectivity index (χ3v) is 5.48. The van der Waals surface area contributed by atoms with Crippen molar-refractivity contribution in [1.82, 2.24) is 5.32 Å². The summed E-state index contributed by atoms with van der Waals surface area (Å²) in [4.78, 5) is 24.6. The maximum atomic E-state index is 12.3. The molecular formula is C18H23Cl2NO3. The van der Waals surface area contributed by atoms with Gasteiger partial charge in [-0.05, 0) is 37.3 Å². The molecule has 4 nitrogen and oxygen atoms in total. The number of amides is 1. The van der Waals surface area contributed by atoms with Gasteiger partial charge in [-0.3, -0.25) is 4.79 Å². The van der Waals surface area contributed by atoms with Crippen LogP contribution in [0.4, 0.5) is 0 Å². The molecule has 2 rings (SSSR count). The Hall–Kier alpha value is -1.26. The van der Waals surface area contributed by atoms with Gasteiger partial charge in [-0.25, -0.2) is 4.79 Å². The summed E-state index contributed by atoms with van der Waals surface area (Å²) in [5, 5.41) is 3.41. The Labute approximate surface area is 152 Å². The first-order chi connectivity index (χ1) is 11.3. The molecule has 1 aliphatic carbocycles. The van der Waals surface area contributed by atoms with E-state index in [1.54, 1.807) is 25.1 Å². The second-order valence-corrected chi connectivity index (χ2v) is 7.34. The van der Waals surface area contributed by atoms with Gasteiger partial charge in [0.25, 0.3) is 5.91 Å². The number of hydrogen-bond acceptors (Lipinski definition) is 3. The van der Waals surface area contributed by atoms with E-state index in [9.17, 15) is 9.59 Å².